The third kappa shape index (κ3) is 2.98. The molecular weight excluding hydrogens is 256 g/mol. The fourth-order valence-electron chi connectivity index (χ4n) is 1.51. The summed E-state index contributed by atoms with van der Waals surface area (Å²) in [5.41, 5.74) is 0.581. The minimum atomic E-state index is -3.94. The second kappa shape index (κ2) is 5.34. The number of nitrogens with zero attached hydrogens (tertiary/aromatic N) is 1. The van der Waals surface area contributed by atoms with E-state index in [1.807, 2.05) is 11.6 Å². The van der Waals surface area contributed by atoms with Gasteiger partial charge in [0.1, 0.15) is 5.69 Å². The van der Waals surface area contributed by atoms with Gasteiger partial charge in [0.25, 0.3) is 15.9 Å². The molecular formula is C11H16N2O4S. The highest BCUT2D eigenvalue weighted by molar-refractivity contribution is 7.90. The summed E-state index contributed by atoms with van der Waals surface area (Å²) in [4.78, 5) is 11.6. The van der Waals surface area contributed by atoms with Gasteiger partial charge in [-0.15, -0.1) is 0 Å². The van der Waals surface area contributed by atoms with Crippen LogP contribution >= 0.6 is 0 Å². The summed E-state index contributed by atoms with van der Waals surface area (Å²) in [5.74, 6) is -0.484. The molecule has 1 aromatic rings. The minimum absolute atomic E-state index is 0.0832. The number of hydrogen-bond donors (Lipinski definition) is 1. The molecule has 0 aromatic carbocycles. The van der Waals surface area contributed by atoms with Gasteiger partial charge in [0.2, 0.25) is 0 Å². The number of allylic oxidation sites excluding steroid dienone is 1. The van der Waals surface area contributed by atoms with Gasteiger partial charge in [-0.05, 0) is 27.2 Å². The number of hydrogen-bond acceptors (Lipinski definition) is 5. The highest BCUT2D eigenvalue weighted by atomic mass is 32.2. The van der Waals surface area contributed by atoms with Crippen LogP contribution in [-0.2, 0) is 14.8 Å². The van der Waals surface area contributed by atoms with E-state index in [0.717, 1.165) is 0 Å². The lowest BCUT2D eigenvalue weighted by molar-refractivity contribution is -0.115. The molecule has 1 heterocycles. The van der Waals surface area contributed by atoms with Gasteiger partial charge in [-0.2, -0.15) is 0 Å². The van der Waals surface area contributed by atoms with E-state index in [1.165, 1.54) is 13.8 Å². The lowest BCUT2D eigenvalue weighted by Gasteiger charge is -2.06. The van der Waals surface area contributed by atoms with Gasteiger partial charge in [0, 0.05) is 5.57 Å². The van der Waals surface area contributed by atoms with Gasteiger partial charge in [-0.3, -0.25) is 4.79 Å². The van der Waals surface area contributed by atoms with E-state index < -0.39 is 15.9 Å². The first-order valence-electron chi connectivity index (χ1n) is 5.46. The molecule has 1 N–H and O–H groups in total. The molecule has 1 aromatic heterocycles. The average molecular weight is 272 g/mol. The van der Waals surface area contributed by atoms with E-state index in [4.69, 9.17) is 4.52 Å². The van der Waals surface area contributed by atoms with Crippen LogP contribution in [-0.4, -0.2) is 19.5 Å². The van der Waals surface area contributed by atoms with Crippen LogP contribution in [0.5, 0.6) is 0 Å². The van der Waals surface area contributed by atoms with Gasteiger partial charge in [-0.1, -0.05) is 18.2 Å². The van der Waals surface area contributed by atoms with Crippen molar-refractivity contribution in [3.8, 4) is 0 Å². The average Bonchev–Trinajstić information content (AvgIpc) is 2.58. The van der Waals surface area contributed by atoms with E-state index in [2.05, 4.69) is 5.16 Å². The van der Waals surface area contributed by atoms with Crippen LogP contribution in [0, 0.1) is 13.8 Å². The molecule has 0 aliphatic rings. The number of sulfonamides is 1. The van der Waals surface area contributed by atoms with E-state index in [0.29, 0.717) is 12.0 Å². The first-order valence-corrected chi connectivity index (χ1v) is 6.94. The Balaban J connectivity index is 3.04. The lowest BCUT2D eigenvalue weighted by Crippen LogP contribution is -2.31. The Labute approximate surface area is 106 Å². The van der Waals surface area contributed by atoms with Crippen molar-refractivity contribution in [1.82, 2.24) is 9.88 Å². The number of rotatable bonds is 4. The van der Waals surface area contributed by atoms with Gasteiger partial charge in [0.15, 0.2) is 10.7 Å². The first-order chi connectivity index (χ1) is 8.29. The Hall–Kier alpha value is -1.63. The van der Waals surface area contributed by atoms with Crippen LogP contribution < -0.4 is 4.72 Å². The monoisotopic (exact) mass is 272 g/mol. The Bertz CT molecular complexity index is 565. The number of aromatic nitrogens is 1. The van der Waals surface area contributed by atoms with Crippen LogP contribution in [0.4, 0.5) is 0 Å². The summed E-state index contributed by atoms with van der Waals surface area (Å²) in [7, 11) is -3.94. The predicted octanol–water partition coefficient (Wildman–Crippen LogP) is 1.45. The molecule has 0 saturated heterocycles. The van der Waals surface area contributed by atoms with Crippen LogP contribution in [0.2, 0.25) is 0 Å². The normalized spacial score (nSPS) is 12.6. The molecule has 100 valence electrons. The quantitative estimate of drug-likeness (QED) is 0.838. The summed E-state index contributed by atoms with van der Waals surface area (Å²) in [6, 6.07) is 0. The zero-order valence-electron chi connectivity index (χ0n) is 10.8. The van der Waals surface area contributed by atoms with Crippen molar-refractivity contribution in [2.24, 2.45) is 0 Å². The molecule has 0 aliphatic heterocycles. The largest absolute Gasteiger partial charge is 0.360 e. The highest BCUT2D eigenvalue weighted by Gasteiger charge is 2.26. The highest BCUT2D eigenvalue weighted by Crippen LogP contribution is 2.18. The van der Waals surface area contributed by atoms with Gasteiger partial charge < -0.3 is 4.52 Å². The molecule has 0 bridgehead atoms. The molecule has 0 fully saturated rings. The van der Waals surface area contributed by atoms with Gasteiger partial charge in [-0.25, -0.2) is 13.1 Å². The summed E-state index contributed by atoms with van der Waals surface area (Å²) in [6.45, 7) is 6.40. The summed E-state index contributed by atoms with van der Waals surface area (Å²) >= 11 is 0. The standard InChI is InChI=1S/C11H16N2O4S/c1-5-6-7(2)11(14)13-18(15,16)10-8(3)12-17-9(10)4/h6H,5H2,1-4H3,(H,13,14)/b7-6-. The fraction of sp³-hybridized carbons (Fsp3) is 0.455. The van der Waals surface area contributed by atoms with Crippen LogP contribution in [0.15, 0.2) is 21.1 Å². The third-order valence-corrected chi connectivity index (χ3v) is 3.91. The maximum atomic E-state index is 12.0. The second-order valence-electron chi connectivity index (χ2n) is 3.88. The molecule has 0 atom stereocenters. The van der Waals surface area contributed by atoms with E-state index >= 15 is 0 Å². The van der Waals surface area contributed by atoms with Crippen LogP contribution in [0.3, 0.4) is 0 Å². The van der Waals surface area contributed by atoms with E-state index in [-0.39, 0.29) is 16.3 Å². The molecule has 0 aliphatic carbocycles. The van der Waals surface area contributed by atoms with Crippen molar-refractivity contribution in [2.45, 2.75) is 39.0 Å². The van der Waals surface area contributed by atoms with Crippen molar-refractivity contribution in [2.75, 3.05) is 0 Å². The SMILES string of the molecule is CC/C=C(/C)C(=O)NS(=O)(=O)c1c(C)noc1C. The maximum absolute atomic E-state index is 12.0. The second-order valence-corrected chi connectivity index (χ2v) is 5.50. The number of carbonyl (C=O) groups excluding carboxylic acids is 1. The Morgan fingerprint density at radius 1 is 1.44 bits per heavy atom. The molecule has 1 amide bonds. The molecule has 0 saturated carbocycles. The first kappa shape index (κ1) is 14.4. The zero-order valence-corrected chi connectivity index (χ0v) is 11.6. The van der Waals surface area contributed by atoms with Gasteiger partial charge in [0.05, 0.1) is 0 Å². The van der Waals surface area contributed by atoms with Crippen molar-refractivity contribution >= 4 is 15.9 Å². The summed E-state index contributed by atoms with van der Waals surface area (Å²) < 4.78 is 30.8. The molecule has 0 radical (unpaired) electrons. The lowest BCUT2D eigenvalue weighted by atomic mass is 10.2. The maximum Gasteiger partial charge on any atom is 0.269 e. The van der Waals surface area contributed by atoms with Crippen molar-refractivity contribution in [1.29, 1.82) is 0 Å². The predicted molar refractivity (Wildman–Crippen MR) is 65.4 cm³/mol. The van der Waals surface area contributed by atoms with Crippen molar-refractivity contribution < 1.29 is 17.7 Å². The summed E-state index contributed by atoms with van der Waals surface area (Å²) in [6.07, 6.45) is 2.31. The molecule has 18 heavy (non-hydrogen) atoms. The van der Waals surface area contributed by atoms with E-state index in [9.17, 15) is 13.2 Å². The van der Waals surface area contributed by atoms with Crippen LogP contribution in [0.1, 0.15) is 31.7 Å². The Morgan fingerprint density at radius 3 is 2.50 bits per heavy atom. The smallest absolute Gasteiger partial charge is 0.269 e. The Morgan fingerprint density at radius 2 is 2.06 bits per heavy atom. The molecule has 7 heteroatoms. The number of carbonyl (C=O) groups is 1. The zero-order chi connectivity index (χ0) is 13.9. The van der Waals surface area contributed by atoms with Gasteiger partial charge >= 0.3 is 0 Å². The topological polar surface area (TPSA) is 89.3 Å². The molecule has 0 spiro atoms. The molecule has 6 nitrogen and oxygen atoms in total. The molecule has 1 rings (SSSR count). The fourth-order valence-corrected chi connectivity index (χ4v) is 2.86. The van der Waals surface area contributed by atoms with Crippen molar-refractivity contribution in [3.63, 3.8) is 0 Å². The third-order valence-electron chi connectivity index (χ3n) is 2.33. The minimum Gasteiger partial charge on any atom is -0.360 e. The number of amides is 1. The van der Waals surface area contributed by atoms with Crippen molar-refractivity contribution in [3.05, 3.63) is 23.1 Å². The van der Waals surface area contributed by atoms with Crippen LogP contribution in [0.25, 0.3) is 0 Å². The number of aryl methyl sites for hydroxylation is 2. The summed E-state index contributed by atoms with van der Waals surface area (Å²) in [5, 5.41) is 3.55. The molecule has 0 unspecified atom stereocenters. The number of nitrogens with one attached hydrogen (secondary N) is 1. The van der Waals surface area contributed by atoms with E-state index in [1.54, 1.807) is 13.0 Å². The Kier molecular flexibility index (Phi) is 4.28.